The fraction of sp³-hybridized carbons (Fsp3) is 0. The van der Waals surface area contributed by atoms with Crippen LogP contribution in [0.1, 0.15) is 20.7 Å². The Kier molecular flexibility index (Phi) is 4.90. The molecule has 0 radical (unpaired) electrons. The van der Waals surface area contributed by atoms with Crippen molar-refractivity contribution in [1.82, 2.24) is 4.98 Å². The Hall–Kier alpha value is -4.19. The summed E-state index contributed by atoms with van der Waals surface area (Å²) in [7, 11) is 0. The number of anilines is 1. The van der Waals surface area contributed by atoms with Crippen LogP contribution in [-0.4, -0.2) is 22.0 Å². The van der Waals surface area contributed by atoms with E-state index in [-0.39, 0.29) is 11.3 Å². The standard InChI is InChI=1S/C23H16N2O4/c26-22(19-10-18(12-24-13-19)17-8-9-29-14-17)25-21-11-16(6-7-20(21)23(27)28)15-4-2-1-3-5-15/h1-14H,(H,25,26)(H,27,28). The van der Waals surface area contributed by atoms with Crippen LogP contribution in [0.25, 0.3) is 22.3 Å². The van der Waals surface area contributed by atoms with Gasteiger partial charge in [-0.05, 0) is 35.4 Å². The minimum absolute atomic E-state index is 0.0111. The van der Waals surface area contributed by atoms with Crippen LogP contribution < -0.4 is 5.32 Å². The van der Waals surface area contributed by atoms with Gasteiger partial charge in [0.15, 0.2) is 0 Å². The summed E-state index contributed by atoms with van der Waals surface area (Å²) in [6, 6.07) is 17.8. The lowest BCUT2D eigenvalue weighted by molar-refractivity contribution is 0.0698. The SMILES string of the molecule is O=C(Nc1cc(-c2ccccc2)ccc1C(=O)O)c1cncc(-c2ccoc2)c1. The van der Waals surface area contributed by atoms with Crippen LogP contribution in [0.3, 0.4) is 0 Å². The molecule has 2 heterocycles. The fourth-order valence-electron chi connectivity index (χ4n) is 2.99. The van der Waals surface area contributed by atoms with Crippen LogP contribution in [0.2, 0.25) is 0 Å². The molecule has 2 aromatic carbocycles. The molecule has 0 unspecified atom stereocenters. The quantitative estimate of drug-likeness (QED) is 0.507. The van der Waals surface area contributed by atoms with Crippen LogP contribution in [-0.2, 0) is 0 Å². The molecule has 1 amide bonds. The number of amides is 1. The molecule has 0 atom stereocenters. The minimum Gasteiger partial charge on any atom is -0.478 e. The van der Waals surface area contributed by atoms with Gasteiger partial charge < -0.3 is 14.8 Å². The maximum absolute atomic E-state index is 12.8. The largest absolute Gasteiger partial charge is 0.478 e. The highest BCUT2D eigenvalue weighted by molar-refractivity contribution is 6.08. The van der Waals surface area contributed by atoms with E-state index in [2.05, 4.69) is 10.3 Å². The Morgan fingerprint density at radius 3 is 2.41 bits per heavy atom. The second-order valence-corrected chi connectivity index (χ2v) is 6.36. The smallest absolute Gasteiger partial charge is 0.337 e. The lowest BCUT2D eigenvalue weighted by atomic mass is 10.0. The number of aromatic carboxylic acids is 1. The maximum atomic E-state index is 12.8. The zero-order valence-corrected chi connectivity index (χ0v) is 15.2. The van der Waals surface area contributed by atoms with E-state index in [1.165, 1.54) is 18.5 Å². The summed E-state index contributed by atoms with van der Waals surface area (Å²) in [5.74, 6) is -1.57. The summed E-state index contributed by atoms with van der Waals surface area (Å²) >= 11 is 0. The molecule has 4 aromatic rings. The van der Waals surface area contributed by atoms with Crippen LogP contribution in [0.5, 0.6) is 0 Å². The Bertz CT molecular complexity index is 1170. The average Bonchev–Trinajstić information content (AvgIpc) is 3.29. The first kappa shape index (κ1) is 18.2. The van der Waals surface area contributed by atoms with E-state index in [1.54, 1.807) is 36.7 Å². The lowest BCUT2D eigenvalue weighted by Gasteiger charge is -2.11. The highest BCUT2D eigenvalue weighted by atomic mass is 16.4. The van der Waals surface area contributed by atoms with Gasteiger partial charge in [0, 0.05) is 23.5 Å². The topological polar surface area (TPSA) is 92.4 Å². The lowest BCUT2D eigenvalue weighted by Crippen LogP contribution is -2.15. The fourth-order valence-corrected chi connectivity index (χ4v) is 2.99. The second kappa shape index (κ2) is 7.82. The van der Waals surface area contributed by atoms with E-state index in [0.717, 1.165) is 22.3 Å². The van der Waals surface area contributed by atoms with E-state index in [1.807, 2.05) is 30.3 Å². The molecule has 0 fully saturated rings. The van der Waals surface area contributed by atoms with Gasteiger partial charge in [0.1, 0.15) is 0 Å². The van der Waals surface area contributed by atoms with E-state index < -0.39 is 11.9 Å². The third-order valence-electron chi connectivity index (χ3n) is 4.46. The van der Waals surface area contributed by atoms with Crippen LogP contribution in [0.15, 0.2) is 90.0 Å². The monoisotopic (exact) mass is 384 g/mol. The van der Waals surface area contributed by atoms with Crippen molar-refractivity contribution in [3.05, 3.63) is 96.7 Å². The Morgan fingerprint density at radius 2 is 1.69 bits per heavy atom. The van der Waals surface area contributed by atoms with Gasteiger partial charge in [0.05, 0.1) is 29.3 Å². The number of carbonyl (C=O) groups excluding carboxylic acids is 1. The van der Waals surface area contributed by atoms with Gasteiger partial charge >= 0.3 is 5.97 Å². The summed E-state index contributed by atoms with van der Waals surface area (Å²) in [4.78, 5) is 28.5. The van der Waals surface area contributed by atoms with Crippen molar-refractivity contribution >= 4 is 17.6 Å². The molecule has 6 nitrogen and oxygen atoms in total. The van der Waals surface area contributed by atoms with Gasteiger partial charge in [0.25, 0.3) is 5.91 Å². The Morgan fingerprint density at radius 1 is 0.862 bits per heavy atom. The maximum Gasteiger partial charge on any atom is 0.337 e. The van der Waals surface area contributed by atoms with Crippen LogP contribution in [0.4, 0.5) is 5.69 Å². The third kappa shape index (κ3) is 3.91. The number of carbonyl (C=O) groups is 2. The highest BCUT2D eigenvalue weighted by Gasteiger charge is 2.16. The van der Waals surface area contributed by atoms with Crippen molar-refractivity contribution in [2.75, 3.05) is 5.32 Å². The van der Waals surface area contributed by atoms with Gasteiger partial charge in [-0.25, -0.2) is 4.79 Å². The van der Waals surface area contributed by atoms with Crippen molar-refractivity contribution in [1.29, 1.82) is 0 Å². The summed E-state index contributed by atoms with van der Waals surface area (Å²) in [5.41, 5.74) is 3.78. The zero-order chi connectivity index (χ0) is 20.2. The minimum atomic E-state index is -1.12. The number of benzene rings is 2. The number of aromatic nitrogens is 1. The van der Waals surface area contributed by atoms with Gasteiger partial charge in [0.2, 0.25) is 0 Å². The van der Waals surface area contributed by atoms with Crippen molar-refractivity contribution in [2.24, 2.45) is 0 Å². The number of carboxylic acid groups (broad SMARTS) is 1. The first-order valence-corrected chi connectivity index (χ1v) is 8.83. The van der Waals surface area contributed by atoms with Crippen molar-refractivity contribution < 1.29 is 19.1 Å². The van der Waals surface area contributed by atoms with Crippen molar-refractivity contribution in [3.8, 4) is 22.3 Å². The normalized spacial score (nSPS) is 10.5. The molecule has 6 heteroatoms. The van der Waals surface area contributed by atoms with Gasteiger partial charge in [-0.1, -0.05) is 36.4 Å². The van der Waals surface area contributed by atoms with E-state index in [0.29, 0.717) is 5.56 Å². The first-order valence-electron chi connectivity index (χ1n) is 8.83. The predicted octanol–water partition coefficient (Wildman–Crippen LogP) is 4.96. The molecule has 29 heavy (non-hydrogen) atoms. The number of nitrogens with one attached hydrogen (secondary N) is 1. The zero-order valence-electron chi connectivity index (χ0n) is 15.2. The number of rotatable bonds is 5. The van der Waals surface area contributed by atoms with Crippen LogP contribution >= 0.6 is 0 Å². The number of nitrogens with zero attached hydrogens (tertiary/aromatic N) is 1. The highest BCUT2D eigenvalue weighted by Crippen LogP contribution is 2.27. The van der Waals surface area contributed by atoms with E-state index in [4.69, 9.17) is 4.42 Å². The predicted molar refractivity (Wildman–Crippen MR) is 109 cm³/mol. The molecule has 0 saturated heterocycles. The van der Waals surface area contributed by atoms with E-state index >= 15 is 0 Å². The Balaban J connectivity index is 1.67. The molecule has 2 N–H and O–H groups in total. The molecule has 0 spiro atoms. The van der Waals surface area contributed by atoms with Gasteiger partial charge in [-0.3, -0.25) is 9.78 Å². The molecule has 142 valence electrons. The second-order valence-electron chi connectivity index (χ2n) is 6.36. The summed E-state index contributed by atoms with van der Waals surface area (Å²) < 4.78 is 5.07. The van der Waals surface area contributed by atoms with E-state index in [9.17, 15) is 14.7 Å². The third-order valence-corrected chi connectivity index (χ3v) is 4.46. The Labute approximate surface area is 166 Å². The van der Waals surface area contributed by atoms with Crippen molar-refractivity contribution in [2.45, 2.75) is 0 Å². The summed E-state index contributed by atoms with van der Waals surface area (Å²) in [5, 5.41) is 12.2. The molecular formula is C23H16N2O4. The number of hydrogen-bond donors (Lipinski definition) is 2. The number of carboxylic acids is 1. The first-order chi connectivity index (χ1) is 14.1. The van der Waals surface area contributed by atoms with Gasteiger partial charge in [-0.2, -0.15) is 0 Å². The molecular weight excluding hydrogens is 368 g/mol. The summed E-state index contributed by atoms with van der Waals surface area (Å²) in [6.07, 6.45) is 6.15. The molecule has 0 bridgehead atoms. The number of hydrogen-bond acceptors (Lipinski definition) is 4. The average molecular weight is 384 g/mol. The molecule has 0 aliphatic carbocycles. The summed E-state index contributed by atoms with van der Waals surface area (Å²) in [6.45, 7) is 0. The number of furan rings is 1. The molecule has 4 rings (SSSR count). The molecule has 0 saturated carbocycles. The molecule has 2 aromatic heterocycles. The molecule has 0 aliphatic heterocycles. The van der Waals surface area contributed by atoms with Crippen LogP contribution in [0, 0.1) is 0 Å². The molecule has 0 aliphatic rings. The van der Waals surface area contributed by atoms with Crippen molar-refractivity contribution in [3.63, 3.8) is 0 Å². The number of pyridine rings is 1. The van der Waals surface area contributed by atoms with Gasteiger partial charge in [-0.15, -0.1) is 0 Å².